The third-order valence-corrected chi connectivity index (χ3v) is 7.26. The van der Waals surface area contributed by atoms with Gasteiger partial charge in [-0.25, -0.2) is 4.39 Å². The molecular formula is C25H36FN5O6. The minimum Gasteiger partial charge on any atom is -0.391 e. The number of likely N-dealkylation sites (tertiary alicyclic amines) is 2. The molecule has 12 heteroatoms. The number of nitrogens with one attached hydrogen (secondary N) is 1. The monoisotopic (exact) mass is 521 g/mol. The largest absolute Gasteiger partial charge is 0.391 e. The lowest BCUT2D eigenvalue weighted by Crippen LogP contribution is -2.65. The van der Waals surface area contributed by atoms with Gasteiger partial charge in [0.15, 0.2) is 0 Å². The zero-order valence-corrected chi connectivity index (χ0v) is 21.1. The lowest BCUT2D eigenvalue weighted by Gasteiger charge is -2.41. The van der Waals surface area contributed by atoms with Gasteiger partial charge in [0.05, 0.1) is 12.2 Å². The summed E-state index contributed by atoms with van der Waals surface area (Å²) in [6.45, 7) is 3.17. The number of halogens is 1. The predicted octanol–water partition coefficient (Wildman–Crippen LogP) is -1.22. The standard InChI is InChI=1S/C25H36FN5O6/c1-14(32)19(27)23(36)30-10-4-8-18(30)22(35)31-11-5-9-25(31,13-16-6-3-7-17(26)12-16)24(37)29-20(15(2)33)21(28)34/h3,6-7,12,14-15,18-20,32-33H,4-5,8-11,13,27H2,1-2H3,(H2,28,34)(H,29,37)/t14-,15-,18+,19+,20?,25+/m1/s1. The SMILES string of the molecule is C[C@@H](O)C(NC(=O)[C@@]1(Cc2cccc(F)c2)CCCN1C(=O)[C@@H]1CCCN1C(=O)[C@@H](N)[C@@H](C)O)C(N)=O. The van der Waals surface area contributed by atoms with Crippen molar-refractivity contribution in [2.24, 2.45) is 11.5 Å². The molecule has 0 radical (unpaired) electrons. The van der Waals surface area contributed by atoms with Crippen LogP contribution in [0.4, 0.5) is 4.39 Å². The Balaban J connectivity index is 1.98. The van der Waals surface area contributed by atoms with E-state index >= 15 is 0 Å². The summed E-state index contributed by atoms with van der Waals surface area (Å²) in [5, 5.41) is 22.3. The minimum absolute atomic E-state index is 0.0541. The molecule has 37 heavy (non-hydrogen) atoms. The van der Waals surface area contributed by atoms with E-state index in [1.807, 2.05) is 0 Å². The first kappa shape index (κ1) is 28.5. The van der Waals surface area contributed by atoms with Gasteiger partial charge in [-0.2, -0.15) is 0 Å². The maximum Gasteiger partial charge on any atom is 0.247 e. The molecule has 0 spiro atoms. The van der Waals surface area contributed by atoms with Crippen LogP contribution in [0.2, 0.25) is 0 Å². The van der Waals surface area contributed by atoms with Crippen LogP contribution in [0.15, 0.2) is 24.3 Å². The van der Waals surface area contributed by atoms with Gasteiger partial charge in [0.25, 0.3) is 0 Å². The van der Waals surface area contributed by atoms with Crippen LogP contribution < -0.4 is 16.8 Å². The highest BCUT2D eigenvalue weighted by Crippen LogP contribution is 2.36. The molecule has 1 aromatic rings. The van der Waals surface area contributed by atoms with Gasteiger partial charge in [0, 0.05) is 19.5 Å². The zero-order valence-electron chi connectivity index (χ0n) is 21.1. The third-order valence-electron chi connectivity index (χ3n) is 7.26. The van der Waals surface area contributed by atoms with E-state index in [-0.39, 0.29) is 25.9 Å². The van der Waals surface area contributed by atoms with Gasteiger partial charge in [0.1, 0.15) is 29.5 Å². The third kappa shape index (κ3) is 5.91. The molecule has 2 saturated heterocycles. The van der Waals surface area contributed by atoms with E-state index in [1.165, 1.54) is 41.8 Å². The highest BCUT2D eigenvalue weighted by Gasteiger charge is 2.53. The second-order valence-corrected chi connectivity index (χ2v) is 9.98. The van der Waals surface area contributed by atoms with Crippen LogP contribution in [0.5, 0.6) is 0 Å². The molecule has 2 aliphatic rings. The summed E-state index contributed by atoms with van der Waals surface area (Å²) in [5.41, 5.74) is 10.2. The number of hydrogen-bond donors (Lipinski definition) is 5. The molecule has 7 N–H and O–H groups in total. The van der Waals surface area contributed by atoms with Crippen LogP contribution in [-0.2, 0) is 25.6 Å². The van der Waals surface area contributed by atoms with Gasteiger partial charge in [-0.1, -0.05) is 12.1 Å². The van der Waals surface area contributed by atoms with Crippen molar-refractivity contribution in [3.8, 4) is 0 Å². The highest BCUT2D eigenvalue weighted by molar-refractivity contribution is 5.98. The number of nitrogens with two attached hydrogens (primary N) is 2. The van der Waals surface area contributed by atoms with Gasteiger partial charge >= 0.3 is 0 Å². The smallest absolute Gasteiger partial charge is 0.247 e. The number of aliphatic hydroxyl groups excluding tert-OH is 2. The lowest BCUT2D eigenvalue weighted by atomic mass is 9.86. The fraction of sp³-hybridized carbons (Fsp3) is 0.600. The predicted molar refractivity (Wildman–Crippen MR) is 131 cm³/mol. The van der Waals surface area contributed by atoms with Crippen molar-refractivity contribution in [2.75, 3.05) is 13.1 Å². The van der Waals surface area contributed by atoms with Crippen LogP contribution in [0.3, 0.4) is 0 Å². The minimum atomic E-state index is -1.52. The summed E-state index contributed by atoms with van der Waals surface area (Å²) in [6, 6.07) is 2.17. The average molecular weight is 522 g/mol. The van der Waals surface area contributed by atoms with Crippen LogP contribution in [0.1, 0.15) is 45.1 Å². The zero-order chi connectivity index (χ0) is 27.5. The van der Waals surface area contributed by atoms with Crippen LogP contribution in [0.25, 0.3) is 0 Å². The Morgan fingerprint density at radius 1 is 1.16 bits per heavy atom. The second kappa shape index (κ2) is 11.5. The molecule has 0 aromatic heterocycles. The van der Waals surface area contributed by atoms with Crippen molar-refractivity contribution < 1.29 is 33.8 Å². The number of rotatable bonds is 9. The topological polar surface area (TPSA) is 179 Å². The van der Waals surface area contributed by atoms with E-state index in [1.54, 1.807) is 6.07 Å². The van der Waals surface area contributed by atoms with Crippen LogP contribution in [0, 0.1) is 5.82 Å². The number of primary amides is 1. The average Bonchev–Trinajstić information content (AvgIpc) is 3.48. The van der Waals surface area contributed by atoms with Crippen molar-refractivity contribution in [1.82, 2.24) is 15.1 Å². The van der Waals surface area contributed by atoms with Gasteiger partial charge in [-0.05, 0) is 57.2 Å². The van der Waals surface area contributed by atoms with E-state index in [9.17, 15) is 33.8 Å². The Morgan fingerprint density at radius 2 is 1.86 bits per heavy atom. The summed E-state index contributed by atoms with van der Waals surface area (Å²) < 4.78 is 14.0. The maximum absolute atomic E-state index is 14.0. The molecule has 2 heterocycles. The molecule has 0 bridgehead atoms. The molecule has 11 nitrogen and oxygen atoms in total. The van der Waals surface area contributed by atoms with Gasteiger partial charge in [-0.15, -0.1) is 0 Å². The maximum atomic E-state index is 14.0. The molecule has 1 aromatic carbocycles. The van der Waals surface area contributed by atoms with E-state index < -0.39 is 65.3 Å². The second-order valence-electron chi connectivity index (χ2n) is 9.98. The van der Waals surface area contributed by atoms with E-state index in [2.05, 4.69) is 5.32 Å². The molecule has 2 aliphatic heterocycles. The first-order chi connectivity index (χ1) is 17.4. The van der Waals surface area contributed by atoms with Crippen molar-refractivity contribution >= 4 is 23.6 Å². The van der Waals surface area contributed by atoms with Crippen LogP contribution in [-0.4, -0.2) is 92.6 Å². The first-order valence-electron chi connectivity index (χ1n) is 12.5. The molecule has 204 valence electrons. The lowest BCUT2D eigenvalue weighted by molar-refractivity contribution is -0.152. The number of benzene rings is 1. The number of carbonyl (C=O) groups is 4. The summed E-state index contributed by atoms with van der Waals surface area (Å²) in [7, 11) is 0. The molecular weight excluding hydrogens is 485 g/mol. The Hall–Kier alpha value is -3.09. The van der Waals surface area contributed by atoms with Crippen LogP contribution >= 0.6 is 0 Å². The van der Waals surface area contributed by atoms with Crippen molar-refractivity contribution in [3.63, 3.8) is 0 Å². The van der Waals surface area contributed by atoms with E-state index in [0.29, 0.717) is 24.8 Å². The Kier molecular flexibility index (Phi) is 8.88. The quantitative estimate of drug-likeness (QED) is 0.270. The van der Waals surface area contributed by atoms with Gasteiger partial charge < -0.3 is 36.8 Å². The summed E-state index contributed by atoms with van der Waals surface area (Å²) in [4.78, 5) is 55.2. The van der Waals surface area contributed by atoms with E-state index in [4.69, 9.17) is 11.5 Å². The number of aliphatic hydroxyl groups is 2. The summed E-state index contributed by atoms with van der Waals surface area (Å²) in [6.07, 6.45) is -0.914. The molecule has 0 saturated carbocycles. The fourth-order valence-corrected chi connectivity index (χ4v) is 5.25. The molecule has 0 aliphatic carbocycles. The number of amides is 4. The fourth-order valence-electron chi connectivity index (χ4n) is 5.25. The van der Waals surface area contributed by atoms with Crippen molar-refractivity contribution in [2.45, 2.75) is 81.8 Å². The Bertz CT molecular complexity index is 1040. The molecule has 4 amide bonds. The van der Waals surface area contributed by atoms with E-state index in [0.717, 1.165) is 0 Å². The Morgan fingerprint density at radius 3 is 2.46 bits per heavy atom. The molecule has 3 rings (SSSR count). The summed E-state index contributed by atoms with van der Waals surface area (Å²) in [5.74, 6) is -3.19. The Labute approximate surface area is 215 Å². The summed E-state index contributed by atoms with van der Waals surface area (Å²) >= 11 is 0. The molecule has 6 atom stereocenters. The van der Waals surface area contributed by atoms with Crippen molar-refractivity contribution in [3.05, 3.63) is 35.6 Å². The van der Waals surface area contributed by atoms with Gasteiger partial charge in [-0.3, -0.25) is 19.2 Å². The highest BCUT2D eigenvalue weighted by atomic mass is 19.1. The number of nitrogens with zero attached hydrogens (tertiary/aromatic N) is 2. The normalized spacial score (nSPS) is 24.9. The molecule has 2 fully saturated rings. The molecule has 1 unspecified atom stereocenters. The first-order valence-corrected chi connectivity index (χ1v) is 12.5. The van der Waals surface area contributed by atoms with Crippen molar-refractivity contribution in [1.29, 1.82) is 0 Å². The number of hydrogen-bond acceptors (Lipinski definition) is 7. The number of carbonyl (C=O) groups excluding carboxylic acids is 4. The van der Waals surface area contributed by atoms with Gasteiger partial charge in [0.2, 0.25) is 23.6 Å².